The molecule has 0 atom stereocenters. The lowest BCUT2D eigenvalue weighted by atomic mass is 9.90. The van der Waals surface area contributed by atoms with E-state index < -0.39 is 0 Å². The summed E-state index contributed by atoms with van der Waals surface area (Å²) in [4.78, 5) is 14.9. The minimum atomic E-state index is 0.208. The second-order valence-electron chi connectivity index (χ2n) is 8.97. The molecule has 0 radical (unpaired) electrons. The number of piperidine rings is 1. The number of likely N-dealkylation sites (tertiary alicyclic amines) is 1. The lowest BCUT2D eigenvalue weighted by Gasteiger charge is -2.32. The SMILES string of the molecule is Cc1ccc(CCC2CCN(C(=O)CCn3c(-c4ccc(C)cc4)n[nH]c3=S)CC2)cc1. The maximum Gasteiger partial charge on any atom is 0.224 e. The lowest BCUT2D eigenvalue weighted by molar-refractivity contribution is -0.132. The largest absolute Gasteiger partial charge is 0.343 e. The summed E-state index contributed by atoms with van der Waals surface area (Å²) < 4.78 is 2.50. The number of carbonyl (C=O) groups excluding carboxylic acids is 1. The van der Waals surface area contributed by atoms with Crippen LogP contribution in [0.15, 0.2) is 48.5 Å². The molecule has 1 saturated heterocycles. The molecule has 4 rings (SSSR count). The number of hydrogen-bond acceptors (Lipinski definition) is 3. The number of aryl methyl sites for hydroxylation is 3. The van der Waals surface area contributed by atoms with Crippen molar-refractivity contribution < 1.29 is 4.79 Å². The van der Waals surface area contributed by atoms with E-state index in [9.17, 15) is 4.79 Å². The molecule has 1 aliphatic heterocycles. The summed E-state index contributed by atoms with van der Waals surface area (Å²) in [6.07, 6.45) is 4.96. The van der Waals surface area contributed by atoms with Crippen molar-refractivity contribution in [2.75, 3.05) is 13.1 Å². The molecule has 0 aliphatic carbocycles. The Labute approximate surface area is 195 Å². The molecular formula is C26H32N4OS. The highest BCUT2D eigenvalue weighted by molar-refractivity contribution is 7.71. The van der Waals surface area contributed by atoms with E-state index in [1.165, 1.54) is 23.1 Å². The van der Waals surface area contributed by atoms with Crippen LogP contribution in [0.1, 0.15) is 42.4 Å². The fourth-order valence-corrected chi connectivity index (χ4v) is 4.63. The van der Waals surface area contributed by atoms with Gasteiger partial charge < -0.3 is 4.90 Å². The van der Waals surface area contributed by atoms with Crippen LogP contribution >= 0.6 is 12.2 Å². The van der Waals surface area contributed by atoms with Gasteiger partial charge in [-0.25, -0.2) is 0 Å². The van der Waals surface area contributed by atoms with Crippen LogP contribution in [0.3, 0.4) is 0 Å². The van der Waals surface area contributed by atoms with Gasteiger partial charge in [0.1, 0.15) is 0 Å². The van der Waals surface area contributed by atoms with Crippen LogP contribution in [0.2, 0.25) is 0 Å². The third-order valence-corrected chi connectivity index (χ3v) is 6.86. The Bertz CT molecular complexity index is 1090. The smallest absolute Gasteiger partial charge is 0.224 e. The van der Waals surface area contributed by atoms with Gasteiger partial charge in [-0.15, -0.1) is 0 Å². The van der Waals surface area contributed by atoms with Gasteiger partial charge in [-0.05, 0) is 63.2 Å². The van der Waals surface area contributed by atoms with E-state index in [-0.39, 0.29) is 5.91 Å². The van der Waals surface area contributed by atoms with Crippen molar-refractivity contribution in [3.05, 3.63) is 70.0 Å². The van der Waals surface area contributed by atoms with E-state index in [2.05, 4.69) is 60.4 Å². The van der Waals surface area contributed by atoms with Crippen molar-refractivity contribution in [2.45, 2.75) is 52.5 Å². The molecule has 0 spiro atoms. The first-order chi connectivity index (χ1) is 15.5. The van der Waals surface area contributed by atoms with Gasteiger partial charge in [0.05, 0.1) is 0 Å². The van der Waals surface area contributed by atoms with Gasteiger partial charge in [0.15, 0.2) is 10.6 Å². The van der Waals surface area contributed by atoms with Crippen molar-refractivity contribution in [1.29, 1.82) is 0 Å². The fourth-order valence-electron chi connectivity index (χ4n) is 4.41. The predicted octanol–water partition coefficient (Wildman–Crippen LogP) is 5.49. The monoisotopic (exact) mass is 448 g/mol. The summed E-state index contributed by atoms with van der Waals surface area (Å²) in [6.45, 7) is 6.45. The fraction of sp³-hybridized carbons (Fsp3) is 0.423. The molecule has 6 heteroatoms. The second kappa shape index (κ2) is 10.3. The zero-order valence-corrected chi connectivity index (χ0v) is 19.8. The molecule has 1 amide bonds. The number of benzene rings is 2. The molecular weight excluding hydrogens is 416 g/mol. The highest BCUT2D eigenvalue weighted by Crippen LogP contribution is 2.24. The van der Waals surface area contributed by atoms with Crippen LogP contribution < -0.4 is 0 Å². The third-order valence-electron chi connectivity index (χ3n) is 6.55. The van der Waals surface area contributed by atoms with Gasteiger partial charge in [-0.3, -0.25) is 14.5 Å². The lowest BCUT2D eigenvalue weighted by Crippen LogP contribution is -2.38. The molecule has 3 aromatic rings. The Hall–Kier alpha value is -2.73. The average Bonchev–Trinajstić information content (AvgIpc) is 3.18. The van der Waals surface area contributed by atoms with Gasteiger partial charge in [-0.1, -0.05) is 59.7 Å². The van der Waals surface area contributed by atoms with E-state index in [1.807, 2.05) is 21.6 Å². The normalized spacial score (nSPS) is 14.6. The molecule has 1 aliphatic rings. The number of amides is 1. The molecule has 5 nitrogen and oxygen atoms in total. The number of rotatable bonds is 7. The van der Waals surface area contributed by atoms with Gasteiger partial charge in [-0.2, -0.15) is 5.10 Å². The molecule has 1 N–H and O–H groups in total. The Morgan fingerprint density at radius 3 is 2.31 bits per heavy atom. The molecule has 1 fully saturated rings. The molecule has 168 valence electrons. The third kappa shape index (κ3) is 5.54. The van der Waals surface area contributed by atoms with Crippen molar-refractivity contribution >= 4 is 18.1 Å². The molecule has 0 bridgehead atoms. The van der Waals surface area contributed by atoms with E-state index in [0.717, 1.165) is 43.7 Å². The maximum absolute atomic E-state index is 12.9. The maximum atomic E-state index is 12.9. The van der Waals surface area contributed by atoms with Crippen LogP contribution in [-0.4, -0.2) is 38.7 Å². The van der Waals surface area contributed by atoms with E-state index in [0.29, 0.717) is 23.7 Å². The molecule has 2 heterocycles. The minimum Gasteiger partial charge on any atom is -0.343 e. The van der Waals surface area contributed by atoms with E-state index in [4.69, 9.17) is 12.2 Å². The first-order valence-corrected chi connectivity index (χ1v) is 12.0. The summed E-state index contributed by atoms with van der Waals surface area (Å²) in [7, 11) is 0. The van der Waals surface area contributed by atoms with Gasteiger partial charge >= 0.3 is 0 Å². The number of carbonyl (C=O) groups is 1. The van der Waals surface area contributed by atoms with Crippen molar-refractivity contribution in [2.24, 2.45) is 5.92 Å². The average molecular weight is 449 g/mol. The Morgan fingerprint density at radius 1 is 1.03 bits per heavy atom. The van der Waals surface area contributed by atoms with Crippen molar-refractivity contribution in [3.8, 4) is 11.4 Å². The summed E-state index contributed by atoms with van der Waals surface area (Å²) >= 11 is 5.42. The summed E-state index contributed by atoms with van der Waals surface area (Å²) in [5.74, 6) is 1.70. The van der Waals surface area contributed by atoms with Crippen LogP contribution in [-0.2, 0) is 17.8 Å². The summed E-state index contributed by atoms with van der Waals surface area (Å²) in [6, 6.07) is 17.1. The van der Waals surface area contributed by atoms with Gasteiger partial charge in [0.25, 0.3) is 0 Å². The topological polar surface area (TPSA) is 53.9 Å². The molecule has 32 heavy (non-hydrogen) atoms. The van der Waals surface area contributed by atoms with Crippen LogP contribution in [0, 0.1) is 24.5 Å². The van der Waals surface area contributed by atoms with Gasteiger partial charge in [0, 0.05) is 31.6 Å². The van der Waals surface area contributed by atoms with E-state index >= 15 is 0 Å². The summed E-state index contributed by atoms with van der Waals surface area (Å²) in [5, 5.41) is 7.27. The number of aromatic nitrogens is 3. The molecule has 1 aromatic heterocycles. The quantitative estimate of drug-likeness (QED) is 0.487. The van der Waals surface area contributed by atoms with Crippen molar-refractivity contribution in [1.82, 2.24) is 19.7 Å². The van der Waals surface area contributed by atoms with Crippen LogP contribution in [0.4, 0.5) is 0 Å². The van der Waals surface area contributed by atoms with Crippen LogP contribution in [0.5, 0.6) is 0 Å². The highest BCUT2D eigenvalue weighted by atomic mass is 32.1. The number of aromatic amines is 1. The van der Waals surface area contributed by atoms with Crippen molar-refractivity contribution in [3.63, 3.8) is 0 Å². The number of hydrogen-bond donors (Lipinski definition) is 1. The highest BCUT2D eigenvalue weighted by Gasteiger charge is 2.23. The van der Waals surface area contributed by atoms with E-state index in [1.54, 1.807) is 0 Å². The zero-order valence-electron chi connectivity index (χ0n) is 19.0. The molecule has 0 unspecified atom stereocenters. The van der Waals surface area contributed by atoms with Crippen LogP contribution in [0.25, 0.3) is 11.4 Å². The summed E-state index contributed by atoms with van der Waals surface area (Å²) in [5.41, 5.74) is 4.93. The van der Waals surface area contributed by atoms with Gasteiger partial charge in [0.2, 0.25) is 5.91 Å². The Morgan fingerprint density at radius 2 is 1.66 bits per heavy atom. The number of nitrogens with zero attached hydrogens (tertiary/aromatic N) is 3. The number of H-pyrrole nitrogens is 1. The first kappa shape index (κ1) is 22.5. The standard InChI is InChI=1S/C26H32N4OS/c1-19-3-7-21(8-4-19)9-10-22-13-16-29(17-14-22)24(31)15-18-30-25(27-28-26(30)32)23-11-5-20(2)6-12-23/h3-8,11-12,22H,9-10,13-18H2,1-2H3,(H,28,32). The zero-order chi connectivity index (χ0) is 22.5. The predicted molar refractivity (Wildman–Crippen MR) is 131 cm³/mol. The first-order valence-electron chi connectivity index (χ1n) is 11.5. The second-order valence-corrected chi connectivity index (χ2v) is 9.36. The minimum absolute atomic E-state index is 0.208. The Balaban J connectivity index is 1.27. The molecule has 2 aromatic carbocycles. The Kier molecular flexibility index (Phi) is 7.20. The molecule has 0 saturated carbocycles. The number of nitrogens with one attached hydrogen (secondary N) is 1.